The molecule has 0 bridgehead atoms. The molecule has 0 saturated heterocycles. The van der Waals surface area contributed by atoms with Crippen LogP contribution in [-0.4, -0.2) is 10.9 Å². The van der Waals surface area contributed by atoms with Crippen LogP contribution < -0.4 is 5.84 Å². The van der Waals surface area contributed by atoms with E-state index in [0.29, 0.717) is 5.69 Å². The van der Waals surface area contributed by atoms with Crippen molar-refractivity contribution in [2.45, 2.75) is 0 Å². The van der Waals surface area contributed by atoms with Crippen LogP contribution in [0.5, 0.6) is 0 Å². The number of azo groups is 1. The first-order valence-corrected chi connectivity index (χ1v) is 3.63. The van der Waals surface area contributed by atoms with Crippen molar-refractivity contribution in [3.8, 4) is 0 Å². The molecule has 1 aromatic carbocycles. The van der Waals surface area contributed by atoms with Crippen LogP contribution in [0.4, 0.5) is 5.69 Å². The molecular weight excluding hydrogens is 186 g/mol. The van der Waals surface area contributed by atoms with Gasteiger partial charge in [0.15, 0.2) is 0 Å². The second kappa shape index (κ2) is 4.65. The molecule has 0 spiro atoms. The van der Waals surface area contributed by atoms with Gasteiger partial charge in [0, 0.05) is 5.10 Å². The zero-order valence-corrected chi connectivity index (χ0v) is 7.07. The number of guanidine groups is 1. The van der Waals surface area contributed by atoms with Gasteiger partial charge in [-0.25, -0.2) is 0 Å². The molecular formula is C7H7N5O2. The molecule has 0 fully saturated rings. The van der Waals surface area contributed by atoms with E-state index in [2.05, 4.69) is 15.3 Å². The van der Waals surface area contributed by atoms with Crippen molar-refractivity contribution >= 4 is 11.6 Å². The van der Waals surface area contributed by atoms with E-state index < -0.39 is 10.9 Å². The third-order valence-electron chi connectivity index (χ3n) is 1.29. The lowest BCUT2D eigenvalue weighted by Gasteiger charge is -1.88. The van der Waals surface area contributed by atoms with Crippen molar-refractivity contribution in [2.75, 3.05) is 0 Å². The fourth-order valence-corrected chi connectivity index (χ4v) is 0.707. The minimum atomic E-state index is -0.813. The second-order valence-electron chi connectivity index (χ2n) is 2.22. The summed E-state index contributed by atoms with van der Waals surface area (Å²) in [7, 11) is 0. The highest BCUT2D eigenvalue weighted by atomic mass is 16.6. The third kappa shape index (κ3) is 2.63. The van der Waals surface area contributed by atoms with Gasteiger partial charge in [0.05, 0.1) is 5.11 Å². The predicted octanol–water partition coefficient (Wildman–Crippen LogP) is 1.28. The Labute approximate surface area is 79.1 Å². The summed E-state index contributed by atoms with van der Waals surface area (Å²) in [6.45, 7) is 0. The average molecular weight is 193 g/mol. The molecule has 0 aliphatic carbocycles. The summed E-state index contributed by atoms with van der Waals surface area (Å²) in [5.74, 6) is 4.00. The topological polar surface area (TPSA) is 106 Å². The fourth-order valence-electron chi connectivity index (χ4n) is 0.707. The Morgan fingerprint density at radius 1 is 1.36 bits per heavy atom. The van der Waals surface area contributed by atoms with Gasteiger partial charge in [-0.2, -0.15) is 0 Å². The van der Waals surface area contributed by atoms with Gasteiger partial charge in [0.25, 0.3) is 0 Å². The first-order valence-electron chi connectivity index (χ1n) is 3.63. The predicted molar refractivity (Wildman–Crippen MR) is 49.6 cm³/mol. The molecule has 1 rings (SSSR count). The number of benzene rings is 1. The maximum Gasteiger partial charge on any atom is 0.510 e. The van der Waals surface area contributed by atoms with Crippen LogP contribution in [0.3, 0.4) is 0 Å². The normalized spacial score (nSPS) is 11.9. The quantitative estimate of drug-likeness (QED) is 0.181. The minimum absolute atomic E-state index is 0.496. The Kier molecular flexibility index (Phi) is 3.25. The van der Waals surface area contributed by atoms with Gasteiger partial charge >= 0.3 is 5.96 Å². The SMILES string of the molecule is NN=C(N=Nc1ccccc1)[N+](=O)[O-]. The molecule has 1 aromatic rings. The number of nitrogens with two attached hydrogens (primary N) is 1. The molecule has 14 heavy (non-hydrogen) atoms. The first kappa shape index (κ1) is 9.78. The summed E-state index contributed by atoms with van der Waals surface area (Å²) in [6, 6.07) is 8.57. The van der Waals surface area contributed by atoms with Crippen molar-refractivity contribution in [1.29, 1.82) is 0 Å². The molecule has 0 aromatic heterocycles. The van der Waals surface area contributed by atoms with E-state index in [-0.39, 0.29) is 0 Å². The molecule has 0 radical (unpaired) electrons. The lowest BCUT2D eigenvalue weighted by atomic mass is 10.3. The highest BCUT2D eigenvalue weighted by Crippen LogP contribution is 2.09. The van der Waals surface area contributed by atoms with E-state index in [1.807, 2.05) is 0 Å². The van der Waals surface area contributed by atoms with E-state index in [9.17, 15) is 10.1 Å². The van der Waals surface area contributed by atoms with E-state index in [0.717, 1.165) is 0 Å². The summed E-state index contributed by atoms with van der Waals surface area (Å²) in [5, 5.41) is 19.9. The van der Waals surface area contributed by atoms with Crippen molar-refractivity contribution in [3.63, 3.8) is 0 Å². The molecule has 0 aliphatic heterocycles. The van der Waals surface area contributed by atoms with Crippen LogP contribution in [0.15, 0.2) is 45.7 Å². The molecule has 72 valence electrons. The molecule has 0 unspecified atom stereocenters. The largest absolute Gasteiger partial charge is 0.510 e. The van der Waals surface area contributed by atoms with E-state index in [1.54, 1.807) is 30.3 Å². The summed E-state index contributed by atoms with van der Waals surface area (Å²) < 4.78 is 0. The molecule has 0 aliphatic rings. The van der Waals surface area contributed by atoms with Gasteiger partial charge in [-0.15, -0.1) is 0 Å². The van der Waals surface area contributed by atoms with Crippen molar-refractivity contribution in [1.82, 2.24) is 0 Å². The Balaban J connectivity index is 2.78. The summed E-state index contributed by atoms with van der Waals surface area (Å²) in [4.78, 5) is 9.38. The number of hydrazone groups is 1. The van der Waals surface area contributed by atoms with Crippen molar-refractivity contribution < 1.29 is 4.92 Å². The van der Waals surface area contributed by atoms with Crippen LogP contribution >= 0.6 is 0 Å². The fraction of sp³-hybridized carbons (Fsp3) is 0. The maximum absolute atomic E-state index is 10.2. The van der Waals surface area contributed by atoms with Crippen LogP contribution in [-0.2, 0) is 0 Å². The summed E-state index contributed by atoms with van der Waals surface area (Å²) in [6.07, 6.45) is 0. The molecule has 0 heterocycles. The Bertz CT molecular complexity index is 373. The monoisotopic (exact) mass is 193 g/mol. The number of nitrogens with zero attached hydrogens (tertiary/aromatic N) is 4. The van der Waals surface area contributed by atoms with Crippen LogP contribution in [0.1, 0.15) is 0 Å². The van der Waals surface area contributed by atoms with Gasteiger partial charge in [0.2, 0.25) is 0 Å². The molecule has 0 saturated carbocycles. The Hall–Kier alpha value is -2.31. The highest BCUT2D eigenvalue weighted by molar-refractivity contribution is 5.71. The Morgan fingerprint density at radius 2 is 2.00 bits per heavy atom. The maximum atomic E-state index is 10.2. The molecule has 0 atom stereocenters. The molecule has 7 heteroatoms. The average Bonchev–Trinajstić information content (AvgIpc) is 2.20. The van der Waals surface area contributed by atoms with Crippen molar-refractivity contribution in [3.05, 3.63) is 40.4 Å². The summed E-state index contributed by atoms with van der Waals surface area (Å²) >= 11 is 0. The van der Waals surface area contributed by atoms with Crippen LogP contribution in [0.2, 0.25) is 0 Å². The molecule has 0 amide bonds. The Morgan fingerprint density at radius 3 is 2.50 bits per heavy atom. The molecule has 7 nitrogen and oxygen atoms in total. The molecule has 2 N–H and O–H groups in total. The standard InChI is InChI=1S/C7H7N5O2/c8-9-7(12(13)14)11-10-6-4-2-1-3-5-6/h1-5H,8H2. The summed E-state index contributed by atoms with van der Waals surface area (Å²) in [5.41, 5.74) is 0.496. The van der Waals surface area contributed by atoms with E-state index >= 15 is 0 Å². The van der Waals surface area contributed by atoms with Crippen LogP contribution in [0, 0.1) is 10.1 Å². The van der Waals surface area contributed by atoms with Gasteiger partial charge in [-0.1, -0.05) is 23.3 Å². The third-order valence-corrected chi connectivity index (χ3v) is 1.29. The lowest BCUT2D eigenvalue weighted by Crippen LogP contribution is -2.10. The lowest BCUT2D eigenvalue weighted by molar-refractivity contribution is -0.352. The minimum Gasteiger partial charge on any atom is -0.390 e. The number of hydrogen-bond acceptors (Lipinski definition) is 5. The second-order valence-corrected chi connectivity index (χ2v) is 2.22. The zero-order valence-electron chi connectivity index (χ0n) is 7.07. The highest BCUT2D eigenvalue weighted by Gasteiger charge is 2.09. The number of hydrogen-bond donors (Lipinski definition) is 1. The van der Waals surface area contributed by atoms with Gasteiger partial charge in [-0.3, -0.25) is 5.84 Å². The van der Waals surface area contributed by atoms with E-state index in [1.165, 1.54) is 0 Å². The van der Waals surface area contributed by atoms with Gasteiger partial charge in [0.1, 0.15) is 5.69 Å². The number of rotatable bonds is 1. The number of nitro groups is 1. The van der Waals surface area contributed by atoms with Crippen molar-refractivity contribution in [2.24, 2.45) is 21.2 Å². The van der Waals surface area contributed by atoms with Crippen LogP contribution in [0.25, 0.3) is 0 Å². The van der Waals surface area contributed by atoms with Gasteiger partial charge < -0.3 is 10.1 Å². The zero-order chi connectivity index (χ0) is 10.4. The van der Waals surface area contributed by atoms with Gasteiger partial charge in [-0.05, 0) is 17.1 Å². The first-order chi connectivity index (χ1) is 6.74. The van der Waals surface area contributed by atoms with E-state index in [4.69, 9.17) is 5.84 Å². The smallest absolute Gasteiger partial charge is 0.390 e.